The molecule has 1 aliphatic carbocycles. The quantitative estimate of drug-likeness (QED) is 0.139. The number of Topliss-reactive ketones (excluding diaryl/α,β-unsaturated/α-hetero) is 1. The average Bonchev–Trinajstić information content (AvgIpc) is 1.63. The Hall–Kier alpha value is -10.1. The lowest BCUT2D eigenvalue weighted by atomic mass is 9.68. The predicted octanol–water partition coefficient (Wildman–Crippen LogP) is 34.1. The Morgan fingerprint density at radius 2 is 0.416 bits per heavy atom. The Bertz CT molecular complexity index is 3610. The first kappa shape index (κ1) is 111. The molecule has 12 aromatic carbocycles. The highest BCUT2D eigenvalue weighted by molar-refractivity contribution is 5.86. The van der Waals surface area contributed by atoms with Crippen molar-refractivity contribution in [3.8, 4) is 11.1 Å². The Morgan fingerprint density at radius 1 is 0.257 bits per heavy atom. The molecule has 13 rings (SSSR count). The maximum absolute atomic E-state index is 13.5. The zero-order chi connectivity index (χ0) is 86.8. The van der Waals surface area contributed by atoms with E-state index in [9.17, 15) is 31.1 Å². The first-order valence-electron chi connectivity index (χ1n) is 41.1. The molecule has 0 saturated heterocycles. The lowest BCUT2D eigenvalue weighted by molar-refractivity contribution is -0.288. The van der Waals surface area contributed by atoms with E-state index in [1.54, 1.807) is 0 Å². The van der Waals surface area contributed by atoms with Crippen LogP contribution in [0.25, 0.3) is 11.1 Å². The maximum atomic E-state index is 13.5. The van der Waals surface area contributed by atoms with Gasteiger partial charge in [-0.3, -0.25) is 0 Å². The van der Waals surface area contributed by atoms with E-state index in [1.807, 2.05) is 211 Å². The van der Waals surface area contributed by atoms with Gasteiger partial charge in [0.2, 0.25) is 5.41 Å². The van der Waals surface area contributed by atoms with E-state index >= 15 is 0 Å². The molecule has 0 radical (unpaired) electrons. The number of carbonyl (C=O) groups is 1. The van der Waals surface area contributed by atoms with Crippen LogP contribution in [0.15, 0.2) is 364 Å². The monoisotopic (exact) mass is 1550 g/mol. The Kier molecular flexibility index (Phi) is 70.0. The second-order valence-electron chi connectivity index (χ2n) is 22.5. The molecule has 0 atom stereocenters. The summed E-state index contributed by atoms with van der Waals surface area (Å²) in [5.41, 5.74) is 7.60. The number of hydrogen-bond donors (Lipinski definition) is 0. The summed E-state index contributed by atoms with van der Waals surface area (Å²) in [4.78, 5) is 9.44. The van der Waals surface area contributed by atoms with Gasteiger partial charge in [0.25, 0.3) is 0 Å². The third-order valence-corrected chi connectivity index (χ3v) is 15.0. The van der Waals surface area contributed by atoms with Crippen molar-refractivity contribution >= 4 is 5.78 Å². The second-order valence-corrected chi connectivity index (χ2v) is 22.5. The highest BCUT2D eigenvalue weighted by Gasteiger charge is 2.72. The van der Waals surface area contributed by atoms with E-state index in [2.05, 4.69) is 258 Å². The summed E-state index contributed by atoms with van der Waals surface area (Å²) in [6, 6.07) is 117. The fourth-order valence-electron chi connectivity index (χ4n) is 10.8. The van der Waals surface area contributed by atoms with Gasteiger partial charge in [0.15, 0.2) is 0 Å². The van der Waals surface area contributed by atoms with Crippen LogP contribution in [-0.4, -0.2) is 18.1 Å². The molecule has 7 heteroatoms. The fourth-order valence-corrected chi connectivity index (χ4v) is 10.8. The second kappa shape index (κ2) is 71.0. The van der Waals surface area contributed by atoms with E-state index < -0.39 is 28.9 Å². The highest BCUT2D eigenvalue weighted by atomic mass is 19.4. The van der Waals surface area contributed by atoms with Crippen LogP contribution < -0.4 is 0 Å². The van der Waals surface area contributed by atoms with E-state index in [0.29, 0.717) is 0 Å². The van der Waals surface area contributed by atoms with Crippen LogP contribution >= 0.6 is 0 Å². The SMILES string of the molecule is CC.CC.CC.CC.CC.CC.CC.CC.CC.CC.CC(C)(c1ccccc1)c1ccccc1.CC(C)=O.CCC.FC(F)(F)C(c1ccccc1)(c1ccccc1)C(F)(F)F.c1ccc(C2(c3ccccc3)c3ccccc3-c3ccccc32)cc1.c1ccc(Cc2ccccc2)cc1.c1ccccc1.c1ccccc1. The lowest BCUT2D eigenvalue weighted by Crippen LogP contribution is -2.54. The molecule has 1 aliphatic rings. The molecule has 0 fully saturated rings. The van der Waals surface area contributed by atoms with E-state index in [1.165, 1.54) is 88.0 Å². The molecule has 0 spiro atoms. The number of fused-ring (bicyclic) bond motifs is 3. The topological polar surface area (TPSA) is 17.1 Å². The first-order chi connectivity index (χ1) is 54.9. The van der Waals surface area contributed by atoms with E-state index in [-0.39, 0.29) is 16.6 Å². The molecule has 614 valence electrons. The molecule has 0 amide bonds. The summed E-state index contributed by atoms with van der Waals surface area (Å²) in [5.74, 6) is 0.167. The highest BCUT2D eigenvalue weighted by Crippen LogP contribution is 2.57. The van der Waals surface area contributed by atoms with Crippen molar-refractivity contribution in [2.75, 3.05) is 0 Å². The van der Waals surface area contributed by atoms with Crippen LogP contribution in [0.1, 0.15) is 242 Å². The third kappa shape index (κ3) is 38.8. The molecule has 1 nitrogen and oxygen atoms in total. The average molecular weight is 1550 g/mol. The molecule has 0 bridgehead atoms. The van der Waals surface area contributed by atoms with Crippen LogP contribution in [0.2, 0.25) is 0 Å². The number of benzene rings is 12. The Morgan fingerprint density at radius 3 is 0.619 bits per heavy atom. The van der Waals surface area contributed by atoms with Crippen molar-refractivity contribution in [3.63, 3.8) is 0 Å². The minimum atomic E-state index is -5.52. The largest absolute Gasteiger partial charge is 0.411 e. The van der Waals surface area contributed by atoms with Crippen molar-refractivity contribution in [1.29, 1.82) is 0 Å². The van der Waals surface area contributed by atoms with Gasteiger partial charge < -0.3 is 4.79 Å². The molecule has 0 unspecified atom stereocenters. The number of halogens is 6. The number of carbonyl (C=O) groups excluding carboxylic acids is 1. The van der Waals surface area contributed by atoms with Gasteiger partial charge in [0.1, 0.15) is 5.78 Å². The summed E-state index contributed by atoms with van der Waals surface area (Å²) in [7, 11) is 0. The van der Waals surface area contributed by atoms with E-state index in [4.69, 9.17) is 0 Å². The molecule has 0 aliphatic heterocycles. The molecule has 0 heterocycles. The molecular formula is C106H142F6O. The van der Waals surface area contributed by atoms with E-state index in [0.717, 1.165) is 55.0 Å². The van der Waals surface area contributed by atoms with Crippen molar-refractivity contribution in [2.24, 2.45) is 0 Å². The van der Waals surface area contributed by atoms with Crippen molar-refractivity contribution in [1.82, 2.24) is 0 Å². The normalized spacial score (nSPS) is 9.95. The van der Waals surface area contributed by atoms with Crippen molar-refractivity contribution in [2.45, 2.75) is 221 Å². The summed E-state index contributed by atoms with van der Waals surface area (Å²) < 4.78 is 81.1. The summed E-state index contributed by atoms with van der Waals surface area (Å²) in [6.07, 6.45) is -8.76. The maximum Gasteiger partial charge on any atom is 0.411 e. The first-order valence-corrected chi connectivity index (χ1v) is 41.1. The van der Waals surface area contributed by atoms with Gasteiger partial charge in [0, 0.05) is 5.41 Å². The van der Waals surface area contributed by atoms with Crippen LogP contribution in [0.4, 0.5) is 26.3 Å². The van der Waals surface area contributed by atoms with Gasteiger partial charge in [-0.15, -0.1) is 0 Å². The number of hydrogen-bond acceptors (Lipinski definition) is 1. The molecule has 12 aromatic rings. The van der Waals surface area contributed by atoms with Gasteiger partial charge in [-0.05, 0) is 87.0 Å². The van der Waals surface area contributed by atoms with Crippen molar-refractivity contribution in [3.05, 3.63) is 420 Å². The number of rotatable bonds is 8. The Labute approximate surface area is 685 Å². The third-order valence-electron chi connectivity index (χ3n) is 15.0. The van der Waals surface area contributed by atoms with Gasteiger partial charge in [0.05, 0.1) is 5.41 Å². The van der Waals surface area contributed by atoms with Gasteiger partial charge in [-0.2, -0.15) is 26.3 Å². The molecule has 0 aromatic heterocycles. The van der Waals surface area contributed by atoms with Crippen LogP contribution in [0.3, 0.4) is 0 Å². The molecule has 0 saturated carbocycles. The standard InChI is InChI=1S/C25H18.C15H10F6.C15H16.C13H12.2C6H6.C3H6O.C3H8.10C2H6/c1-3-11-19(12-4-1)25(20-13-5-2-6-14-20)23-17-9-7-15-21(23)22-16-8-10-18-24(22)25;16-14(17,18)13(15(19,20)21,11-7-3-1-4-8-11)12-9-5-2-6-10-12;1-15(2,13-9-5-3-6-10-13)14-11-7-4-8-12-14;1-3-7-12(8-4-1)11-13-9-5-2-6-10-13;2*1-2-4-6-5-3-1;1-3(2)4;1-3-2;10*1-2/h1-18H;1-10H;3-12H,1-2H3;1-10H,11H2;2*1-6H;1-2H3;3H2,1-2H3;10*1-2H3. The van der Waals surface area contributed by atoms with Gasteiger partial charge in [-0.25, -0.2) is 0 Å². The predicted molar refractivity (Wildman–Crippen MR) is 489 cm³/mol. The molecular weight excluding hydrogens is 1400 g/mol. The Balaban J connectivity index is -0.000000403. The number of ketones is 1. The summed E-state index contributed by atoms with van der Waals surface area (Å²) in [6.45, 7) is 51.8. The van der Waals surface area contributed by atoms with Crippen LogP contribution in [0, 0.1) is 0 Å². The van der Waals surface area contributed by atoms with Crippen LogP contribution in [0.5, 0.6) is 0 Å². The number of alkyl halides is 6. The minimum absolute atomic E-state index is 0.0858. The molecule has 113 heavy (non-hydrogen) atoms. The lowest BCUT2D eigenvalue weighted by Gasteiger charge is -2.38. The summed E-state index contributed by atoms with van der Waals surface area (Å²) >= 11 is 0. The van der Waals surface area contributed by atoms with Gasteiger partial charge in [-0.1, -0.05) is 537 Å². The molecule has 0 N–H and O–H groups in total. The van der Waals surface area contributed by atoms with Crippen LogP contribution in [-0.2, 0) is 27.5 Å². The smallest absolute Gasteiger partial charge is 0.300 e. The van der Waals surface area contributed by atoms with Gasteiger partial charge >= 0.3 is 12.4 Å². The van der Waals surface area contributed by atoms with Crippen molar-refractivity contribution < 1.29 is 31.1 Å². The fraction of sp³-hybridized carbons (Fsp3) is 0.311. The zero-order valence-corrected chi connectivity index (χ0v) is 73.7. The minimum Gasteiger partial charge on any atom is -0.300 e. The summed E-state index contributed by atoms with van der Waals surface area (Å²) in [5, 5.41) is 0. The zero-order valence-electron chi connectivity index (χ0n) is 73.7.